The van der Waals surface area contributed by atoms with Gasteiger partial charge in [0.1, 0.15) is 11.5 Å². The van der Waals surface area contributed by atoms with Crippen molar-refractivity contribution in [1.29, 1.82) is 0 Å². The number of halogens is 3. The Morgan fingerprint density at radius 3 is 2.33 bits per heavy atom. The monoisotopic (exact) mass is 307 g/mol. The lowest BCUT2D eigenvalue weighted by Gasteiger charge is -2.23. The summed E-state index contributed by atoms with van der Waals surface area (Å²) in [6.45, 7) is 0.843. The zero-order chi connectivity index (χ0) is 16.0. The highest BCUT2D eigenvalue weighted by Crippen LogP contribution is 2.30. The molecule has 2 unspecified atom stereocenters. The van der Waals surface area contributed by atoms with Crippen molar-refractivity contribution < 1.29 is 27.4 Å². The highest BCUT2D eigenvalue weighted by atomic mass is 19.4. The van der Waals surface area contributed by atoms with Gasteiger partial charge < -0.3 is 19.5 Å². The van der Waals surface area contributed by atoms with Gasteiger partial charge in [-0.3, -0.25) is 0 Å². The molecule has 0 amide bonds. The van der Waals surface area contributed by atoms with E-state index in [9.17, 15) is 13.2 Å². The molecule has 7 heteroatoms. The van der Waals surface area contributed by atoms with Crippen molar-refractivity contribution in [2.75, 3.05) is 27.9 Å². The fourth-order valence-electron chi connectivity index (χ4n) is 1.78. The van der Waals surface area contributed by atoms with Crippen LogP contribution in [0, 0.1) is 0 Å². The van der Waals surface area contributed by atoms with Gasteiger partial charge in [-0.05, 0) is 32.2 Å². The maximum Gasteiger partial charge on any atom is 0.414 e. The maximum atomic E-state index is 12.5. The molecule has 1 rings (SSSR count). The summed E-state index contributed by atoms with van der Waals surface area (Å²) in [4.78, 5) is 0. The van der Waals surface area contributed by atoms with E-state index in [0.717, 1.165) is 6.92 Å². The number of rotatable bonds is 7. The minimum atomic E-state index is -4.38. The van der Waals surface area contributed by atoms with Gasteiger partial charge in [0.15, 0.2) is 6.10 Å². The molecule has 0 aliphatic rings. The average Bonchev–Trinajstić information content (AvgIpc) is 2.46. The summed E-state index contributed by atoms with van der Waals surface area (Å²) in [7, 11) is 4.66. The van der Waals surface area contributed by atoms with Crippen LogP contribution in [-0.2, 0) is 4.74 Å². The van der Waals surface area contributed by atoms with Crippen molar-refractivity contribution in [1.82, 2.24) is 5.32 Å². The number of alkyl halides is 3. The van der Waals surface area contributed by atoms with E-state index in [-0.39, 0.29) is 6.61 Å². The van der Waals surface area contributed by atoms with Crippen molar-refractivity contribution in [3.8, 4) is 11.5 Å². The smallest absolute Gasteiger partial charge is 0.414 e. The lowest BCUT2D eigenvalue weighted by atomic mass is 10.1. The molecule has 4 nitrogen and oxygen atoms in total. The Kier molecular flexibility index (Phi) is 6.29. The van der Waals surface area contributed by atoms with E-state index in [1.165, 1.54) is 14.2 Å². The molecule has 0 fully saturated rings. The molecule has 0 spiro atoms. The van der Waals surface area contributed by atoms with Crippen molar-refractivity contribution >= 4 is 0 Å². The first-order valence-corrected chi connectivity index (χ1v) is 6.41. The molecule has 0 heterocycles. The zero-order valence-electron chi connectivity index (χ0n) is 12.5. The van der Waals surface area contributed by atoms with E-state index in [4.69, 9.17) is 14.2 Å². The molecule has 21 heavy (non-hydrogen) atoms. The lowest BCUT2D eigenvalue weighted by Crippen LogP contribution is -2.32. The second-order valence-electron chi connectivity index (χ2n) is 4.47. The van der Waals surface area contributed by atoms with E-state index in [0.29, 0.717) is 17.1 Å². The van der Waals surface area contributed by atoms with Crippen LogP contribution in [0.2, 0.25) is 0 Å². The van der Waals surface area contributed by atoms with Crippen LogP contribution in [0.25, 0.3) is 0 Å². The summed E-state index contributed by atoms with van der Waals surface area (Å²) in [6, 6.07) is 4.68. The topological polar surface area (TPSA) is 39.7 Å². The van der Waals surface area contributed by atoms with E-state index in [1.807, 2.05) is 0 Å². The number of hydrogen-bond donors (Lipinski definition) is 1. The Bertz CT molecular complexity index is 452. The van der Waals surface area contributed by atoms with Gasteiger partial charge >= 0.3 is 6.18 Å². The van der Waals surface area contributed by atoms with E-state index in [2.05, 4.69) is 5.32 Å². The second kappa shape index (κ2) is 7.51. The van der Waals surface area contributed by atoms with Gasteiger partial charge in [-0.2, -0.15) is 13.2 Å². The number of methoxy groups -OCH3 is 2. The fourth-order valence-corrected chi connectivity index (χ4v) is 1.78. The maximum absolute atomic E-state index is 12.5. The van der Waals surface area contributed by atoms with E-state index < -0.39 is 18.3 Å². The van der Waals surface area contributed by atoms with Crippen LogP contribution in [-0.4, -0.2) is 40.2 Å². The van der Waals surface area contributed by atoms with Gasteiger partial charge in [-0.15, -0.1) is 0 Å². The number of likely N-dealkylation sites (N-methyl/N-ethyl adjacent to an activating group) is 1. The molecule has 1 N–H and O–H groups in total. The average molecular weight is 307 g/mol. The minimum absolute atomic E-state index is 0.138. The van der Waals surface area contributed by atoms with Gasteiger partial charge in [-0.1, -0.05) is 0 Å². The standard InChI is InChI=1S/C14H20F3NO3/c1-9(14(15,16)17)21-8-12(18-2)11-7-10(19-3)5-6-13(11)20-4/h5-7,9,12,18H,8H2,1-4H3. The molecule has 0 saturated carbocycles. The molecule has 0 aliphatic heterocycles. The predicted molar refractivity (Wildman–Crippen MR) is 72.8 cm³/mol. The number of ether oxygens (including phenoxy) is 3. The van der Waals surface area contributed by atoms with E-state index >= 15 is 0 Å². The molecule has 0 aromatic heterocycles. The predicted octanol–water partition coefficient (Wildman–Crippen LogP) is 2.93. The Hall–Kier alpha value is -1.47. The lowest BCUT2D eigenvalue weighted by molar-refractivity contribution is -0.215. The van der Waals surface area contributed by atoms with Crippen molar-refractivity contribution in [2.24, 2.45) is 0 Å². The molecule has 0 radical (unpaired) electrons. The molecule has 1 aromatic rings. The first-order chi connectivity index (χ1) is 9.83. The van der Waals surface area contributed by atoms with Crippen LogP contribution in [0.1, 0.15) is 18.5 Å². The van der Waals surface area contributed by atoms with Crippen LogP contribution < -0.4 is 14.8 Å². The third-order valence-corrected chi connectivity index (χ3v) is 3.13. The van der Waals surface area contributed by atoms with Crippen molar-refractivity contribution in [3.63, 3.8) is 0 Å². The largest absolute Gasteiger partial charge is 0.497 e. The Labute approximate surface area is 122 Å². The number of benzene rings is 1. The van der Waals surface area contributed by atoms with Gasteiger partial charge in [0, 0.05) is 5.56 Å². The third-order valence-electron chi connectivity index (χ3n) is 3.13. The highest BCUT2D eigenvalue weighted by Gasteiger charge is 2.37. The molecule has 0 bridgehead atoms. The van der Waals surface area contributed by atoms with Gasteiger partial charge in [0.05, 0.1) is 26.9 Å². The highest BCUT2D eigenvalue weighted by molar-refractivity contribution is 5.42. The Balaban J connectivity index is 2.89. The molecule has 120 valence electrons. The van der Waals surface area contributed by atoms with Gasteiger partial charge in [0.2, 0.25) is 0 Å². The second-order valence-corrected chi connectivity index (χ2v) is 4.47. The number of hydrogen-bond acceptors (Lipinski definition) is 4. The van der Waals surface area contributed by atoms with Crippen LogP contribution in [0.3, 0.4) is 0 Å². The Morgan fingerprint density at radius 2 is 1.86 bits per heavy atom. The Morgan fingerprint density at radius 1 is 1.19 bits per heavy atom. The molecule has 1 aromatic carbocycles. The van der Waals surface area contributed by atoms with Crippen LogP contribution in [0.15, 0.2) is 18.2 Å². The van der Waals surface area contributed by atoms with Crippen LogP contribution in [0.4, 0.5) is 13.2 Å². The molecular weight excluding hydrogens is 287 g/mol. The first kappa shape index (κ1) is 17.6. The minimum Gasteiger partial charge on any atom is -0.497 e. The molecular formula is C14H20F3NO3. The summed E-state index contributed by atoms with van der Waals surface area (Å²) in [5, 5.41) is 2.92. The van der Waals surface area contributed by atoms with Crippen LogP contribution in [0.5, 0.6) is 11.5 Å². The van der Waals surface area contributed by atoms with Gasteiger partial charge in [0.25, 0.3) is 0 Å². The summed E-state index contributed by atoms with van der Waals surface area (Å²) < 4.78 is 52.7. The third kappa shape index (κ3) is 4.78. The summed E-state index contributed by atoms with van der Waals surface area (Å²) in [5.41, 5.74) is 0.675. The van der Waals surface area contributed by atoms with E-state index in [1.54, 1.807) is 25.2 Å². The summed E-state index contributed by atoms with van der Waals surface area (Å²) in [6.07, 6.45) is -6.21. The summed E-state index contributed by atoms with van der Waals surface area (Å²) in [5.74, 6) is 1.15. The first-order valence-electron chi connectivity index (χ1n) is 6.41. The van der Waals surface area contributed by atoms with Gasteiger partial charge in [-0.25, -0.2) is 0 Å². The van der Waals surface area contributed by atoms with Crippen LogP contribution >= 0.6 is 0 Å². The molecule has 0 saturated heterocycles. The molecule has 2 atom stereocenters. The SMILES string of the molecule is CNC(COC(C)C(F)(F)F)c1cc(OC)ccc1OC. The quantitative estimate of drug-likeness (QED) is 0.841. The fraction of sp³-hybridized carbons (Fsp3) is 0.571. The molecule has 0 aliphatic carbocycles. The number of nitrogens with one attached hydrogen (secondary N) is 1. The summed E-state index contributed by atoms with van der Waals surface area (Å²) >= 11 is 0. The normalized spacial score (nSPS) is 14.6. The van der Waals surface area contributed by atoms with Crippen molar-refractivity contribution in [3.05, 3.63) is 23.8 Å². The van der Waals surface area contributed by atoms with Crippen molar-refractivity contribution in [2.45, 2.75) is 25.2 Å². The zero-order valence-corrected chi connectivity index (χ0v) is 12.5.